The maximum atomic E-state index is 5.91. The van der Waals surface area contributed by atoms with Crippen molar-refractivity contribution in [1.29, 1.82) is 0 Å². The van der Waals surface area contributed by atoms with Crippen molar-refractivity contribution < 1.29 is 9.47 Å². The second kappa shape index (κ2) is 12.9. The molecule has 2 aliphatic rings. The molecular weight excluding hydrogens is 394 g/mol. The summed E-state index contributed by atoms with van der Waals surface area (Å²) in [5.74, 6) is 0.747. The van der Waals surface area contributed by atoms with Crippen molar-refractivity contribution >= 4 is 0 Å². The lowest BCUT2D eigenvalue weighted by atomic mass is 9.75. The van der Waals surface area contributed by atoms with Crippen LogP contribution in [0.2, 0.25) is 0 Å². The zero-order chi connectivity index (χ0) is 21.8. The Morgan fingerprint density at radius 1 is 0.750 bits per heavy atom. The molecule has 3 nitrogen and oxygen atoms in total. The molecule has 0 bridgehead atoms. The van der Waals surface area contributed by atoms with Gasteiger partial charge in [0.2, 0.25) is 0 Å². The van der Waals surface area contributed by atoms with Crippen LogP contribution < -0.4 is 5.32 Å². The second-order valence-corrected chi connectivity index (χ2v) is 9.34. The molecule has 1 aliphatic heterocycles. The SMILES string of the molecule is C1=C2[C@@H](CCCOCc3ccccc3)CCC[C@@H]2N[C@H](CCCOCc2ccccc2)C1. The van der Waals surface area contributed by atoms with Gasteiger partial charge in [-0.1, -0.05) is 78.7 Å². The first-order chi connectivity index (χ1) is 15.9. The second-order valence-electron chi connectivity index (χ2n) is 9.34. The van der Waals surface area contributed by atoms with E-state index in [2.05, 4.69) is 72.1 Å². The molecule has 2 aromatic rings. The summed E-state index contributed by atoms with van der Waals surface area (Å²) in [6.45, 7) is 3.17. The molecule has 0 unspecified atom stereocenters. The molecular formula is C29H39NO2. The standard InChI is InChI=1S/C29H39NO2/c1-3-10-24(11-4-1)22-31-20-8-15-26-14-7-17-29-28(26)19-18-27(30-29)16-9-21-32-23-25-12-5-2-6-13-25/h1-6,10-13,19,26-27,29-30H,7-9,14-18,20-23H2/t26-,27-,29+/m1/s1. The summed E-state index contributed by atoms with van der Waals surface area (Å²) in [4.78, 5) is 0. The summed E-state index contributed by atoms with van der Waals surface area (Å²) in [5.41, 5.74) is 4.21. The fraction of sp³-hybridized carbons (Fsp3) is 0.517. The zero-order valence-electron chi connectivity index (χ0n) is 19.4. The molecule has 0 saturated heterocycles. The van der Waals surface area contributed by atoms with E-state index in [-0.39, 0.29) is 0 Å². The van der Waals surface area contributed by atoms with Crippen LogP contribution in [0.3, 0.4) is 0 Å². The van der Waals surface area contributed by atoms with Gasteiger partial charge in [-0.3, -0.25) is 0 Å². The van der Waals surface area contributed by atoms with Crippen molar-refractivity contribution in [1.82, 2.24) is 5.32 Å². The highest BCUT2D eigenvalue weighted by molar-refractivity contribution is 5.21. The van der Waals surface area contributed by atoms with E-state index in [4.69, 9.17) is 9.47 Å². The van der Waals surface area contributed by atoms with Gasteiger partial charge in [0.1, 0.15) is 0 Å². The lowest BCUT2D eigenvalue weighted by Crippen LogP contribution is -2.45. The van der Waals surface area contributed by atoms with Gasteiger partial charge in [0.15, 0.2) is 0 Å². The quantitative estimate of drug-likeness (QED) is 0.309. The topological polar surface area (TPSA) is 30.5 Å². The lowest BCUT2D eigenvalue weighted by Gasteiger charge is -2.39. The van der Waals surface area contributed by atoms with Crippen molar-refractivity contribution in [2.45, 2.75) is 76.7 Å². The van der Waals surface area contributed by atoms with E-state index in [1.165, 1.54) is 49.7 Å². The molecule has 1 saturated carbocycles. The Labute approximate surface area is 194 Å². The van der Waals surface area contributed by atoms with Crippen molar-refractivity contribution in [3.8, 4) is 0 Å². The minimum Gasteiger partial charge on any atom is -0.377 e. The summed E-state index contributed by atoms with van der Waals surface area (Å²) in [6.07, 6.45) is 12.5. The maximum absolute atomic E-state index is 5.91. The van der Waals surface area contributed by atoms with E-state index < -0.39 is 0 Å². The predicted octanol–water partition coefficient (Wildman–Crippen LogP) is 6.44. The fourth-order valence-corrected chi connectivity index (χ4v) is 5.21. The highest BCUT2D eigenvalue weighted by Crippen LogP contribution is 2.36. The average Bonchev–Trinajstić information content (AvgIpc) is 2.85. The van der Waals surface area contributed by atoms with Crippen LogP contribution in [0.4, 0.5) is 0 Å². The van der Waals surface area contributed by atoms with Gasteiger partial charge in [-0.05, 0) is 62.0 Å². The van der Waals surface area contributed by atoms with Gasteiger partial charge in [-0.25, -0.2) is 0 Å². The van der Waals surface area contributed by atoms with E-state index in [0.717, 1.165) is 45.2 Å². The number of ether oxygens (including phenoxy) is 2. The van der Waals surface area contributed by atoms with Gasteiger partial charge in [0.25, 0.3) is 0 Å². The number of hydrogen-bond donors (Lipinski definition) is 1. The smallest absolute Gasteiger partial charge is 0.0716 e. The van der Waals surface area contributed by atoms with Crippen LogP contribution in [0.1, 0.15) is 62.5 Å². The Morgan fingerprint density at radius 2 is 1.38 bits per heavy atom. The molecule has 1 aliphatic carbocycles. The fourth-order valence-electron chi connectivity index (χ4n) is 5.21. The molecule has 3 atom stereocenters. The molecule has 172 valence electrons. The molecule has 4 rings (SSSR count). The number of benzene rings is 2. The van der Waals surface area contributed by atoms with Crippen molar-refractivity contribution in [2.75, 3.05) is 13.2 Å². The Balaban J connectivity index is 1.12. The van der Waals surface area contributed by atoms with Crippen molar-refractivity contribution in [2.24, 2.45) is 5.92 Å². The third kappa shape index (κ3) is 7.30. The van der Waals surface area contributed by atoms with E-state index >= 15 is 0 Å². The Hall–Kier alpha value is -1.94. The molecule has 0 spiro atoms. The number of hydrogen-bond acceptors (Lipinski definition) is 3. The molecule has 1 fully saturated rings. The molecule has 32 heavy (non-hydrogen) atoms. The zero-order valence-corrected chi connectivity index (χ0v) is 19.4. The first kappa shape index (κ1) is 23.2. The molecule has 2 aromatic carbocycles. The Kier molecular flexibility index (Phi) is 9.39. The molecule has 1 heterocycles. The maximum Gasteiger partial charge on any atom is 0.0716 e. The summed E-state index contributed by atoms with van der Waals surface area (Å²) in [5, 5.41) is 3.96. The van der Waals surface area contributed by atoms with Gasteiger partial charge < -0.3 is 14.8 Å². The summed E-state index contributed by atoms with van der Waals surface area (Å²) >= 11 is 0. The largest absolute Gasteiger partial charge is 0.377 e. The molecule has 1 N–H and O–H groups in total. The highest BCUT2D eigenvalue weighted by atomic mass is 16.5. The summed E-state index contributed by atoms with van der Waals surface area (Å²) in [6, 6.07) is 22.1. The Bertz CT molecular complexity index is 804. The van der Waals surface area contributed by atoms with Gasteiger partial charge in [0, 0.05) is 25.3 Å². The highest BCUT2D eigenvalue weighted by Gasteiger charge is 2.31. The minimum absolute atomic E-state index is 0.600. The normalized spacial score (nSPS) is 22.9. The van der Waals surface area contributed by atoms with E-state index in [0.29, 0.717) is 12.1 Å². The predicted molar refractivity (Wildman–Crippen MR) is 131 cm³/mol. The van der Waals surface area contributed by atoms with Crippen LogP contribution in [0.25, 0.3) is 0 Å². The van der Waals surface area contributed by atoms with Crippen LogP contribution in [0, 0.1) is 5.92 Å². The first-order valence-electron chi connectivity index (χ1n) is 12.6. The molecule has 0 aromatic heterocycles. The van der Waals surface area contributed by atoms with Gasteiger partial charge in [-0.2, -0.15) is 0 Å². The summed E-state index contributed by atoms with van der Waals surface area (Å²) in [7, 11) is 0. The molecule has 0 amide bonds. The monoisotopic (exact) mass is 433 g/mol. The van der Waals surface area contributed by atoms with E-state index in [9.17, 15) is 0 Å². The number of nitrogens with one attached hydrogen (secondary N) is 1. The van der Waals surface area contributed by atoms with Crippen LogP contribution in [0.5, 0.6) is 0 Å². The van der Waals surface area contributed by atoms with Crippen LogP contribution in [-0.2, 0) is 22.7 Å². The van der Waals surface area contributed by atoms with Crippen LogP contribution >= 0.6 is 0 Å². The molecule has 0 radical (unpaired) electrons. The summed E-state index contributed by atoms with van der Waals surface area (Å²) < 4.78 is 11.8. The van der Waals surface area contributed by atoms with Crippen molar-refractivity contribution in [3.05, 3.63) is 83.4 Å². The van der Waals surface area contributed by atoms with Crippen LogP contribution in [-0.4, -0.2) is 25.3 Å². The molecule has 3 heteroatoms. The number of fused-ring (bicyclic) bond motifs is 1. The number of rotatable bonds is 12. The van der Waals surface area contributed by atoms with E-state index in [1.807, 2.05) is 0 Å². The van der Waals surface area contributed by atoms with E-state index in [1.54, 1.807) is 5.57 Å². The minimum atomic E-state index is 0.600. The van der Waals surface area contributed by atoms with Gasteiger partial charge in [-0.15, -0.1) is 0 Å². The average molecular weight is 434 g/mol. The van der Waals surface area contributed by atoms with Crippen LogP contribution in [0.15, 0.2) is 72.3 Å². The van der Waals surface area contributed by atoms with Gasteiger partial charge >= 0.3 is 0 Å². The third-order valence-electron chi connectivity index (χ3n) is 6.90. The van der Waals surface area contributed by atoms with Crippen molar-refractivity contribution in [3.63, 3.8) is 0 Å². The van der Waals surface area contributed by atoms with Gasteiger partial charge in [0.05, 0.1) is 13.2 Å². The third-order valence-corrected chi connectivity index (χ3v) is 6.90. The lowest BCUT2D eigenvalue weighted by molar-refractivity contribution is 0.112. The Morgan fingerprint density at radius 3 is 2.03 bits per heavy atom. The first-order valence-corrected chi connectivity index (χ1v) is 12.6.